The smallest absolute Gasteiger partial charge is 0.221 e. The lowest BCUT2D eigenvalue weighted by atomic mass is 9.78. The van der Waals surface area contributed by atoms with Gasteiger partial charge < -0.3 is 10.6 Å². The van der Waals surface area contributed by atoms with Crippen molar-refractivity contribution in [2.45, 2.75) is 70.9 Å². The van der Waals surface area contributed by atoms with E-state index in [1.807, 2.05) is 0 Å². The molecule has 104 valence electrons. The molecule has 0 aromatic heterocycles. The largest absolute Gasteiger partial charge is 0.353 e. The molecular formula is C15H28N2O. The fourth-order valence-corrected chi connectivity index (χ4v) is 3.37. The quantitative estimate of drug-likeness (QED) is 0.810. The first-order chi connectivity index (χ1) is 8.66. The van der Waals surface area contributed by atoms with Crippen molar-refractivity contribution in [3.63, 3.8) is 0 Å². The normalized spacial score (nSPS) is 37.2. The van der Waals surface area contributed by atoms with Crippen LogP contribution in [0.2, 0.25) is 0 Å². The second-order valence-electron chi connectivity index (χ2n) is 6.29. The zero-order valence-electron chi connectivity index (χ0n) is 11.9. The van der Waals surface area contributed by atoms with Crippen LogP contribution < -0.4 is 10.6 Å². The number of rotatable bonds is 3. The lowest BCUT2D eigenvalue weighted by Crippen LogP contribution is -2.46. The lowest BCUT2D eigenvalue weighted by molar-refractivity contribution is -0.123. The van der Waals surface area contributed by atoms with Gasteiger partial charge in [0.25, 0.3) is 0 Å². The van der Waals surface area contributed by atoms with Gasteiger partial charge in [-0.2, -0.15) is 0 Å². The lowest BCUT2D eigenvalue weighted by Gasteiger charge is -2.35. The van der Waals surface area contributed by atoms with Gasteiger partial charge in [0.15, 0.2) is 0 Å². The molecule has 3 heteroatoms. The van der Waals surface area contributed by atoms with Gasteiger partial charge in [-0.3, -0.25) is 4.79 Å². The van der Waals surface area contributed by atoms with Crippen LogP contribution in [0.25, 0.3) is 0 Å². The minimum Gasteiger partial charge on any atom is -0.353 e. The zero-order valence-corrected chi connectivity index (χ0v) is 11.9. The summed E-state index contributed by atoms with van der Waals surface area (Å²) in [5, 5.41) is 6.71. The van der Waals surface area contributed by atoms with E-state index in [1.54, 1.807) is 0 Å². The van der Waals surface area contributed by atoms with Gasteiger partial charge in [0.1, 0.15) is 0 Å². The fourth-order valence-electron chi connectivity index (χ4n) is 3.37. The van der Waals surface area contributed by atoms with Gasteiger partial charge in [-0.1, -0.05) is 33.1 Å². The van der Waals surface area contributed by atoms with Crippen molar-refractivity contribution in [3.05, 3.63) is 0 Å². The molecule has 0 bridgehead atoms. The summed E-state index contributed by atoms with van der Waals surface area (Å²) < 4.78 is 0. The van der Waals surface area contributed by atoms with Crippen LogP contribution in [-0.4, -0.2) is 24.5 Å². The van der Waals surface area contributed by atoms with Crippen molar-refractivity contribution in [2.24, 2.45) is 11.8 Å². The molecule has 1 saturated carbocycles. The topological polar surface area (TPSA) is 41.1 Å². The summed E-state index contributed by atoms with van der Waals surface area (Å²) in [5.41, 5.74) is 0. The fraction of sp³-hybridized carbons (Fsp3) is 0.933. The molecule has 18 heavy (non-hydrogen) atoms. The molecule has 1 amide bonds. The minimum absolute atomic E-state index is 0.250. The number of carbonyl (C=O) groups excluding carboxylic acids is 1. The average molecular weight is 252 g/mol. The predicted octanol–water partition coefficient (Wildman–Crippen LogP) is 2.46. The molecule has 2 N–H and O–H groups in total. The van der Waals surface area contributed by atoms with E-state index < -0.39 is 0 Å². The van der Waals surface area contributed by atoms with Crippen LogP contribution in [0.3, 0.4) is 0 Å². The summed E-state index contributed by atoms with van der Waals surface area (Å²) in [7, 11) is 0. The Morgan fingerprint density at radius 2 is 2.00 bits per heavy atom. The SMILES string of the molecule is CC1CCCC(NC(=O)CC2CCCCN2)C1C. The molecule has 2 rings (SSSR count). The van der Waals surface area contributed by atoms with Crippen LogP contribution in [0.4, 0.5) is 0 Å². The molecule has 1 saturated heterocycles. The molecule has 1 aliphatic heterocycles. The third-order valence-corrected chi connectivity index (χ3v) is 4.90. The Hall–Kier alpha value is -0.570. The van der Waals surface area contributed by atoms with Crippen molar-refractivity contribution in [2.75, 3.05) is 6.54 Å². The van der Waals surface area contributed by atoms with Gasteiger partial charge >= 0.3 is 0 Å². The Morgan fingerprint density at radius 3 is 2.72 bits per heavy atom. The minimum atomic E-state index is 0.250. The molecule has 1 aliphatic carbocycles. The first-order valence-electron chi connectivity index (χ1n) is 7.69. The molecule has 0 aromatic carbocycles. The molecule has 3 nitrogen and oxygen atoms in total. The van der Waals surface area contributed by atoms with E-state index in [4.69, 9.17) is 0 Å². The van der Waals surface area contributed by atoms with E-state index in [0.29, 0.717) is 24.4 Å². The van der Waals surface area contributed by atoms with E-state index in [2.05, 4.69) is 24.5 Å². The molecule has 4 atom stereocenters. The Labute approximate surface area is 111 Å². The highest BCUT2D eigenvalue weighted by molar-refractivity contribution is 5.77. The summed E-state index contributed by atoms with van der Waals surface area (Å²) >= 11 is 0. The van der Waals surface area contributed by atoms with E-state index >= 15 is 0 Å². The number of piperidine rings is 1. The second-order valence-corrected chi connectivity index (χ2v) is 6.29. The van der Waals surface area contributed by atoms with E-state index in [0.717, 1.165) is 25.3 Å². The maximum Gasteiger partial charge on any atom is 0.221 e. The van der Waals surface area contributed by atoms with E-state index in [1.165, 1.54) is 25.7 Å². The summed E-state index contributed by atoms with van der Waals surface area (Å²) in [6.07, 6.45) is 8.09. The van der Waals surface area contributed by atoms with Crippen molar-refractivity contribution in [1.82, 2.24) is 10.6 Å². The highest BCUT2D eigenvalue weighted by Gasteiger charge is 2.28. The monoisotopic (exact) mass is 252 g/mol. The summed E-state index contributed by atoms with van der Waals surface area (Å²) in [6, 6.07) is 0.819. The molecule has 4 unspecified atom stereocenters. The molecule has 0 radical (unpaired) electrons. The molecule has 2 fully saturated rings. The van der Waals surface area contributed by atoms with Crippen LogP contribution in [0, 0.1) is 11.8 Å². The summed E-state index contributed by atoms with van der Waals surface area (Å²) in [5.74, 6) is 1.62. The van der Waals surface area contributed by atoms with Crippen LogP contribution in [0.1, 0.15) is 58.8 Å². The highest BCUT2D eigenvalue weighted by atomic mass is 16.1. The van der Waals surface area contributed by atoms with Gasteiger partial charge in [-0.25, -0.2) is 0 Å². The van der Waals surface area contributed by atoms with Gasteiger partial charge in [0, 0.05) is 18.5 Å². The Balaban J connectivity index is 1.75. The molecule has 0 aromatic rings. The number of carbonyl (C=O) groups is 1. The van der Waals surface area contributed by atoms with Crippen LogP contribution in [0.5, 0.6) is 0 Å². The van der Waals surface area contributed by atoms with Gasteiger partial charge in [0.05, 0.1) is 0 Å². The number of amides is 1. The summed E-state index contributed by atoms with van der Waals surface area (Å²) in [4.78, 5) is 12.1. The summed E-state index contributed by atoms with van der Waals surface area (Å²) in [6.45, 7) is 5.67. The first-order valence-corrected chi connectivity index (χ1v) is 7.69. The highest BCUT2D eigenvalue weighted by Crippen LogP contribution is 2.29. The molecular weight excluding hydrogens is 224 g/mol. The molecule has 2 aliphatic rings. The standard InChI is InChI=1S/C15H28N2O/c1-11-6-5-8-14(12(11)2)17-15(18)10-13-7-3-4-9-16-13/h11-14,16H,3-10H2,1-2H3,(H,17,18). The van der Waals surface area contributed by atoms with Crippen molar-refractivity contribution in [3.8, 4) is 0 Å². The first kappa shape index (κ1) is 13.9. The third kappa shape index (κ3) is 3.71. The number of hydrogen-bond acceptors (Lipinski definition) is 2. The zero-order chi connectivity index (χ0) is 13.0. The maximum absolute atomic E-state index is 12.1. The molecule has 1 heterocycles. The van der Waals surface area contributed by atoms with Crippen molar-refractivity contribution < 1.29 is 4.79 Å². The van der Waals surface area contributed by atoms with E-state index in [-0.39, 0.29) is 5.91 Å². The predicted molar refractivity (Wildman–Crippen MR) is 74.4 cm³/mol. The van der Waals surface area contributed by atoms with Crippen LogP contribution >= 0.6 is 0 Å². The van der Waals surface area contributed by atoms with Crippen molar-refractivity contribution >= 4 is 5.91 Å². The maximum atomic E-state index is 12.1. The molecule has 0 spiro atoms. The number of nitrogens with one attached hydrogen (secondary N) is 2. The Morgan fingerprint density at radius 1 is 1.17 bits per heavy atom. The Kier molecular flexibility index (Phi) is 5.04. The second kappa shape index (κ2) is 6.55. The van der Waals surface area contributed by atoms with Gasteiger partial charge in [-0.05, 0) is 37.6 Å². The van der Waals surface area contributed by atoms with Crippen molar-refractivity contribution in [1.29, 1.82) is 0 Å². The van der Waals surface area contributed by atoms with Crippen LogP contribution in [-0.2, 0) is 4.79 Å². The Bertz CT molecular complexity index is 274. The van der Waals surface area contributed by atoms with E-state index in [9.17, 15) is 4.79 Å². The third-order valence-electron chi connectivity index (χ3n) is 4.90. The average Bonchev–Trinajstić information content (AvgIpc) is 2.36. The number of hydrogen-bond donors (Lipinski definition) is 2. The van der Waals surface area contributed by atoms with Gasteiger partial charge in [0.2, 0.25) is 5.91 Å². The van der Waals surface area contributed by atoms with Crippen LogP contribution in [0.15, 0.2) is 0 Å². The van der Waals surface area contributed by atoms with Gasteiger partial charge in [-0.15, -0.1) is 0 Å².